The molecule has 0 atom stereocenters. The van der Waals surface area contributed by atoms with Gasteiger partial charge in [-0.2, -0.15) is 13.2 Å². The van der Waals surface area contributed by atoms with E-state index in [9.17, 15) is 18.0 Å². The smallest absolute Gasteiger partial charge is 0.350 e. The highest BCUT2D eigenvalue weighted by molar-refractivity contribution is 5.84. The summed E-state index contributed by atoms with van der Waals surface area (Å²) in [7, 11) is 1.87. The Morgan fingerprint density at radius 2 is 1.92 bits per heavy atom. The van der Waals surface area contributed by atoms with Gasteiger partial charge in [-0.1, -0.05) is 19.1 Å². The molecule has 0 radical (unpaired) electrons. The number of nitrogens with one attached hydrogen (secondary N) is 1. The number of hydrogen-bond donors (Lipinski definition) is 1. The molecule has 11 heteroatoms. The molecule has 1 aliphatic heterocycles. The molecule has 1 saturated heterocycles. The van der Waals surface area contributed by atoms with Crippen LogP contribution in [0.5, 0.6) is 0 Å². The molecule has 3 aromatic heterocycles. The molecule has 0 amide bonds. The summed E-state index contributed by atoms with van der Waals surface area (Å²) < 4.78 is 56.1. The van der Waals surface area contributed by atoms with E-state index in [2.05, 4.69) is 22.1 Å². The quantitative estimate of drug-likeness (QED) is 0.454. The number of nitrogens with zero attached hydrogens (tertiary/aromatic N) is 4. The van der Waals surface area contributed by atoms with Gasteiger partial charge in [0.15, 0.2) is 6.29 Å². The molecule has 6 rings (SSSR count). The van der Waals surface area contributed by atoms with Crippen molar-refractivity contribution in [2.45, 2.75) is 37.6 Å². The van der Waals surface area contributed by atoms with E-state index in [1.165, 1.54) is 6.07 Å². The third-order valence-corrected chi connectivity index (χ3v) is 7.21. The van der Waals surface area contributed by atoms with Gasteiger partial charge in [0.1, 0.15) is 17.7 Å². The fraction of sp³-hybridized carbons (Fsp3) is 0.400. The van der Waals surface area contributed by atoms with Crippen molar-refractivity contribution in [3.8, 4) is 5.69 Å². The fourth-order valence-corrected chi connectivity index (χ4v) is 5.66. The third-order valence-electron chi connectivity index (χ3n) is 7.21. The van der Waals surface area contributed by atoms with Crippen molar-refractivity contribution in [2.75, 3.05) is 13.2 Å². The van der Waals surface area contributed by atoms with E-state index in [4.69, 9.17) is 9.47 Å². The Balaban J connectivity index is 1.52. The maximum atomic E-state index is 14.1. The first-order valence-corrected chi connectivity index (χ1v) is 11.7. The molecule has 0 bridgehead atoms. The van der Waals surface area contributed by atoms with Crippen LogP contribution in [0.3, 0.4) is 0 Å². The number of benzene rings is 1. The summed E-state index contributed by atoms with van der Waals surface area (Å²) >= 11 is 0. The van der Waals surface area contributed by atoms with E-state index in [0.29, 0.717) is 24.8 Å². The van der Waals surface area contributed by atoms with Gasteiger partial charge in [0.2, 0.25) is 0 Å². The van der Waals surface area contributed by atoms with Gasteiger partial charge in [-0.25, -0.2) is 0 Å². The molecule has 36 heavy (non-hydrogen) atoms. The zero-order valence-corrected chi connectivity index (χ0v) is 19.7. The second-order valence-corrected chi connectivity index (χ2v) is 9.71. The fourth-order valence-electron chi connectivity index (χ4n) is 5.66. The molecule has 1 N–H and O–H groups in total. The molecule has 188 valence electrons. The van der Waals surface area contributed by atoms with Crippen LogP contribution in [0.1, 0.15) is 48.7 Å². The molecule has 2 fully saturated rings. The largest absolute Gasteiger partial charge is 0.418 e. The van der Waals surface area contributed by atoms with Gasteiger partial charge < -0.3 is 19.0 Å². The Morgan fingerprint density at radius 1 is 1.17 bits per heavy atom. The summed E-state index contributed by atoms with van der Waals surface area (Å²) in [5.74, 6) is 1.25. The van der Waals surface area contributed by atoms with E-state index >= 15 is 0 Å². The molecule has 1 saturated carbocycles. The summed E-state index contributed by atoms with van der Waals surface area (Å²) in [6.45, 7) is 2.80. The Morgan fingerprint density at radius 3 is 2.56 bits per heavy atom. The molecule has 0 spiro atoms. The first-order chi connectivity index (χ1) is 17.2. The number of alkyl halides is 3. The molecule has 2 aliphatic rings. The molecule has 8 nitrogen and oxygen atoms in total. The molecule has 1 aromatic carbocycles. The number of aryl methyl sites for hydroxylation is 1. The average Bonchev–Trinajstić information content (AvgIpc) is 3.57. The molecule has 0 unspecified atom stereocenters. The minimum absolute atomic E-state index is 0.149. The first kappa shape index (κ1) is 23.0. The summed E-state index contributed by atoms with van der Waals surface area (Å²) in [4.78, 5) is 16.3. The van der Waals surface area contributed by atoms with Crippen molar-refractivity contribution in [3.63, 3.8) is 0 Å². The Kier molecular flexibility index (Phi) is 5.13. The Bertz CT molecular complexity index is 1510. The second kappa shape index (κ2) is 8.04. The Hall–Kier alpha value is -3.44. The van der Waals surface area contributed by atoms with E-state index in [1.54, 1.807) is 24.5 Å². The van der Waals surface area contributed by atoms with E-state index in [0.717, 1.165) is 35.0 Å². The summed E-state index contributed by atoms with van der Waals surface area (Å²) in [5.41, 5.74) is -0.564. The number of ether oxygens (including phenoxy) is 2. The number of pyridine rings is 1. The third kappa shape index (κ3) is 3.48. The van der Waals surface area contributed by atoms with Crippen LogP contribution in [0, 0.1) is 5.92 Å². The zero-order valence-electron chi connectivity index (χ0n) is 19.7. The maximum Gasteiger partial charge on any atom is 0.418 e. The van der Waals surface area contributed by atoms with Crippen LogP contribution in [0.25, 0.3) is 16.6 Å². The lowest BCUT2D eigenvalue weighted by molar-refractivity contribution is -0.136. The standard InChI is InChI=1S/C25H24F3N5O3/c1-14-10-24(11-14,23-31-29-13-32(23)2)15-4-3-5-16(8-15)33-12-18(25(26,27)28)17-9-19(22-35-6-7-36-22)30-20(17)21(33)34/h3-5,8-9,12-14,22,30H,6-7,10-11H2,1-2H3. The second-order valence-electron chi connectivity index (χ2n) is 9.71. The van der Waals surface area contributed by atoms with Gasteiger partial charge in [-0.05, 0) is 42.5 Å². The van der Waals surface area contributed by atoms with Crippen molar-refractivity contribution in [1.82, 2.24) is 24.3 Å². The van der Waals surface area contributed by atoms with Crippen molar-refractivity contribution in [3.05, 3.63) is 75.9 Å². The highest BCUT2D eigenvalue weighted by Crippen LogP contribution is 2.51. The van der Waals surface area contributed by atoms with Crippen LogP contribution >= 0.6 is 0 Å². The van der Waals surface area contributed by atoms with Gasteiger partial charge in [0, 0.05) is 24.3 Å². The SMILES string of the molecule is CC1CC(c2cccc(-n3cc(C(F)(F)F)c4cc(C5OCCO5)[nH]c4c3=O)c2)(c2nncn2C)C1. The topological polar surface area (TPSA) is 87.0 Å². The van der Waals surface area contributed by atoms with Gasteiger partial charge in [-0.15, -0.1) is 10.2 Å². The highest BCUT2D eigenvalue weighted by Gasteiger charge is 2.48. The molecule has 4 aromatic rings. The number of fused-ring (bicyclic) bond motifs is 1. The molecule has 4 heterocycles. The van der Waals surface area contributed by atoms with Gasteiger partial charge in [0.25, 0.3) is 5.56 Å². The van der Waals surface area contributed by atoms with Crippen LogP contribution in [-0.4, -0.2) is 37.5 Å². The van der Waals surface area contributed by atoms with E-state index in [-0.39, 0.29) is 16.6 Å². The summed E-state index contributed by atoms with van der Waals surface area (Å²) in [6.07, 6.45) is -1.35. The van der Waals surface area contributed by atoms with E-state index in [1.807, 2.05) is 17.7 Å². The van der Waals surface area contributed by atoms with Gasteiger partial charge >= 0.3 is 6.18 Å². The summed E-state index contributed by atoms with van der Waals surface area (Å²) in [5, 5.41) is 8.16. The van der Waals surface area contributed by atoms with Crippen LogP contribution in [0.2, 0.25) is 0 Å². The lowest BCUT2D eigenvalue weighted by Crippen LogP contribution is -2.43. The number of halogens is 3. The van der Waals surface area contributed by atoms with Crippen molar-refractivity contribution in [2.24, 2.45) is 13.0 Å². The first-order valence-electron chi connectivity index (χ1n) is 11.7. The van der Waals surface area contributed by atoms with Crippen LogP contribution in [0.15, 0.2) is 47.7 Å². The highest BCUT2D eigenvalue weighted by atomic mass is 19.4. The van der Waals surface area contributed by atoms with Crippen molar-refractivity contribution in [1.29, 1.82) is 0 Å². The maximum absolute atomic E-state index is 14.1. The van der Waals surface area contributed by atoms with E-state index < -0.39 is 29.0 Å². The number of H-pyrrole nitrogens is 1. The number of aromatic amines is 1. The Labute approximate surface area is 203 Å². The van der Waals surface area contributed by atoms with Gasteiger partial charge in [0.05, 0.1) is 29.9 Å². The number of rotatable bonds is 4. The number of hydrogen-bond acceptors (Lipinski definition) is 5. The van der Waals surface area contributed by atoms with Crippen LogP contribution in [-0.2, 0) is 28.1 Å². The van der Waals surface area contributed by atoms with Crippen molar-refractivity contribution >= 4 is 10.9 Å². The predicted octanol–water partition coefficient (Wildman–Crippen LogP) is 4.23. The van der Waals surface area contributed by atoms with Crippen molar-refractivity contribution < 1.29 is 22.6 Å². The zero-order chi connectivity index (χ0) is 25.2. The van der Waals surface area contributed by atoms with Gasteiger partial charge in [-0.3, -0.25) is 9.36 Å². The van der Waals surface area contributed by atoms with Crippen LogP contribution in [0.4, 0.5) is 13.2 Å². The normalized spacial score (nSPS) is 22.9. The monoisotopic (exact) mass is 499 g/mol. The lowest BCUT2D eigenvalue weighted by Gasteiger charge is -2.46. The molecular weight excluding hydrogens is 475 g/mol. The minimum atomic E-state index is -4.68. The lowest BCUT2D eigenvalue weighted by atomic mass is 9.58. The molecule has 1 aliphatic carbocycles. The average molecular weight is 499 g/mol. The minimum Gasteiger partial charge on any atom is -0.350 e. The predicted molar refractivity (Wildman–Crippen MR) is 124 cm³/mol. The number of aromatic nitrogens is 5. The van der Waals surface area contributed by atoms with Crippen LogP contribution < -0.4 is 5.56 Å². The molecular formula is C25H24F3N5O3. The summed E-state index contributed by atoms with van der Waals surface area (Å²) in [6, 6.07) is 8.39.